The normalized spacial score (nSPS) is 30.5. The lowest BCUT2D eigenvalue weighted by molar-refractivity contribution is -0.0504. The number of anilines is 2. The first-order valence-corrected chi connectivity index (χ1v) is 6.75. The van der Waals surface area contributed by atoms with Crippen molar-refractivity contribution in [3.8, 4) is 12.3 Å². The number of hydrogen-bond acceptors (Lipinski definition) is 8. The Balaban J connectivity index is 2.17. The van der Waals surface area contributed by atoms with Crippen molar-refractivity contribution >= 4 is 22.9 Å². The quantitative estimate of drug-likeness (QED) is 0.532. The third kappa shape index (κ3) is 2.09. The van der Waals surface area contributed by atoms with Crippen LogP contribution in [0.1, 0.15) is 6.23 Å². The second-order valence-electron chi connectivity index (χ2n) is 5.07. The Morgan fingerprint density at radius 3 is 2.96 bits per heavy atom. The summed E-state index contributed by atoms with van der Waals surface area (Å²) in [5.74, 6) is 2.21. The van der Waals surface area contributed by atoms with Gasteiger partial charge in [-0.05, 0) is 0 Å². The molecule has 0 spiro atoms. The molecule has 3 heterocycles. The molecule has 0 aliphatic carbocycles. The average molecular weight is 322 g/mol. The number of aliphatic hydroxyl groups excluding tert-OH is 2. The number of hydrogen-bond donors (Lipinski definition) is 4. The average Bonchev–Trinajstić information content (AvgIpc) is 3.07. The van der Waals surface area contributed by atoms with Gasteiger partial charge in [0.2, 0.25) is 11.6 Å². The van der Waals surface area contributed by atoms with Crippen LogP contribution in [-0.4, -0.2) is 61.3 Å². The SMILES string of the molecule is C#C[C@@]1(F)C(O)[C@@H](CO)O[C@H]1n1cnc2c(NC)nc(N)nc21. The molecule has 2 aromatic rings. The van der Waals surface area contributed by atoms with E-state index in [9.17, 15) is 10.2 Å². The molecule has 23 heavy (non-hydrogen) atoms. The van der Waals surface area contributed by atoms with E-state index in [1.54, 1.807) is 7.05 Å². The molecule has 1 aliphatic rings. The fraction of sp³-hybridized carbons (Fsp3) is 0.462. The van der Waals surface area contributed by atoms with Crippen LogP contribution in [0.15, 0.2) is 6.33 Å². The van der Waals surface area contributed by atoms with Gasteiger partial charge in [-0.25, -0.2) is 9.37 Å². The predicted octanol–water partition coefficient (Wildman–Crippen LogP) is -0.958. The summed E-state index contributed by atoms with van der Waals surface area (Å²) < 4.78 is 21.7. The maximum Gasteiger partial charge on any atom is 0.243 e. The van der Waals surface area contributed by atoms with Gasteiger partial charge in [0.25, 0.3) is 0 Å². The molecule has 9 nitrogen and oxygen atoms in total. The number of ether oxygens (including phenoxy) is 1. The Hall–Kier alpha value is -2.48. The monoisotopic (exact) mass is 322 g/mol. The van der Waals surface area contributed by atoms with E-state index >= 15 is 4.39 Å². The maximum atomic E-state index is 15.0. The molecule has 10 heteroatoms. The van der Waals surface area contributed by atoms with Crippen LogP contribution in [0.4, 0.5) is 16.2 Å². The lowest BCUT2D eigenvalue weighted by Crippen LogP contribution is -2.42. The highest BCUT2D eigenvalue weighted by Gasteiger charge is 2.57. The summed E-state index contributed by atoms with van der Waals surface area (Å²) in [6, 6.07) is 0. The molecule has 1 fully saturated rings. The smallest absolute Gasteiger partial charge is 0.243 e. The van der Waals surface area contributed by atoms with E-state index < -0.39 is 30.7 Å². The van der Waals surface area contributed by atoms with E-state index in [1.807, 2.05) is 5.92 Å². The van der Waals surface area contributed by atoms with Crippen molar-refractivity contribution in [2.45, 2.75) is 24.1 Å². The molecule has 3 rings (SSSR count). The van der Waals surface area contributed by atoms with Gasteiger partial charge < -0.3 is 26.0 Å². The topological polar surface area (TPSA) is 131 Å². The molecule has 0 saturated carbocycles. The van der Waals surface area contributed by atoms with Crippen molar-refractivity contribution in [1.29, 1.82) is 0 Å². The van der Waals surface area contributed by atoms with Gasteiger partial charge in [-0.15, -0.1) is 6.42 Å². The molecule has 5 N–H and O–H groups in total. The molecule has 122 valence electrons. The van der Waals surface area contributed by atoms with Gasteiger partial charge >= 0.3 is 0 Å². The summed E-state index contributed by atoms with van der Waals surface area (Å²) in [4.78, 5) is 12.1. The summed E-state index contributed by atoms with van der Waals surface area (Å²) in [7, 11) is 1.62. The zero-order chi connectivity index (χ0) is 16.8. The fourth-order valence-electron chi connectivity index (χ4n) is 2.60. The number of nitrogens with one attached hydrogen (secondary N) is 1. The van der Waals surface area contributed by atoms with Crippen molar-refractivity contribution in [2.24, 2.45) is 0 Å². The van der Waals surface area contributed by atoms with E-state index in [4.69, 9.17) is 16.9 Å². The van der Waals surface area contributed by atoms with Gasteiger partial charge in [0.05, 0.1) is 12.9 Å². The number of aromatic nitrogens is 4. The van der Waals surface area contributed by atoms with Crippen molar-refractivity contribution in [3.05, 3.63) is 6.33 Å². The Morgan fingerprint density at radius 1 is 1.61 bits per heavy atom. The summed E-state index contributed by atoms with van der Waals surface area (Å²) in [6.07, 6.45) is 2.25. The molecule has 1 saturated heterocycles. The molecular weight excluding hydrogens is 307 g/mol. The predicted molar refractivity (Wildman–Crippen MR) is 79.0 cm³/mol. The largest absolute Gasteiger partial charge is 0.394 e. The highest BCUT2D eigenvalue weighted by Crippen LogP contribution is 2.42. The number of imidazole rings is 1. The first-order chi connectivity index (χ1) is 11.0. The summed E-state index contributed by atoms with van der Waals surface area (Å²) in [6.45, 7) is -0.587. The van der Waals surface area contributed by atoms with Gasteiger partial charge in [0, 0.05) is 7.05 Å². The Bertz CT molecular complexity index is 790. The highest BCUT2D eigenvalue weighted by molar-refractivity contribution is 5.84. The van der Waals surface area contributed by atoms with Crippen LogP contribution in [0.25, 0.3) is 11.2 Å². The second-order valence-corrected chi connectivity index (χ2v) is 5.07. The van der Waals surface area contributed by atoms with Crippen LogP contribution >= 0.6 is 0 Å². The van der Waals surface area contributed by atoms with Crippen molar-refractivity contribution in [2.75, 3.05) is 24.7 Å². The van der Waals surface area contributed by atoms with Crippen LogP contribution in [0, 0.1) is 12.3 Å². The van der Waals surface area contributed by atoms with E-state index in [0.717, 1.165) is 0 Å². The van der Waals surface area contributed by atoms with Crippen LogP contribution < -0.4 is 11.1 Å². The number of aliphatic hydroxyl groups is 2. The molecule has 2 aromatic heterocycles. The fourth-order valence-corrected chi connectivity index (χ4v) is 2.60. The second kappa shape index (κ2) is 5.31. The van der Waals surface area contributed by atoms with Crippen molar-refractivity contribution < 1.29 is 19.3 Å². The molecule has 1 unspecified atom stereocenters. The van der Waals surface area contributed by atoms with Crippen molar-refractivity contribution in [1.82, 2.24) is 19.5 Å². The Morgan fingerprint density at radius 2 is 2.35 bits per heavy atom. The van der Waals surface area contributed by atoms with Crippen LogP contribution in [-0.2, 0) is 4.74 Å². The molecule has 1 aliphatic heterocycles. The van der Waals surface area contributed by atoms with Crippen LogP contribution in [0.5, 0.6) is 0 Å². The molecule has 0 aromatic carbocycles. The first-order valence-electron chi connectivity index (χ1n) is 6.75. The molecule has 0 amide bonds. The lowest BCUT2D eigenvalue weighted by atomic mass is 9.97. The van der Waals surface area contributed by atoms with Gasteiger partial charge in [-0.1, -0.05) is 5.92 Å². The minimum absolute atomic E-state index is 0.0500. The number of nitrogens with zero attached hydrogens (tertiary/aromatic N) is 4. The van der Waals surface area contributed by atoms with E-state index in [-0.39, 0.29) is 11.6 Å². The van der Waals surface area contributed by atoms with Gasteiger partial charge in [-0.3, -0.25) is 4.57 Å². The zero-order valence-electron chi connectivity index (χ0n) is 12.1. The number of rotatable bonds is 3. The molecular formula is C13H15FN6O3. The number of alkyl halides is 1. The number of terminal acetylenes is 1. The minimum atomic E-state index is -2.56. The summed E-state index contributed by atoms with van der Waals surface area (Å²) in [5.41, 5.74) is 3.61. The number of fused-ring (bicyclic) bond motifs is 1. The standard InChI is InChI=1S/C13H15FN6O3/c1-3-13(14)8(22)6(4-21)23-11(13)20-5-17-7-9(16-2)18-12(15)19-10(7)20/h1,5-6,8,11,21-22H,4H2,2H3,(H3,15,16,18,19)/t6-,8?,11-,13-/m1/s1. The number of nitrogens with two attached hydrogens (primary N) is 1. The third-order valence-corrected chi connectivity index (χ3v) is 3.78. The van der Waals surface area contributed by atoms with E-state index in [1.165, 1.54) is 10.9 Å². The van der Waals surface area contributed by atoms with Crippen LogP contribution in [0.3, 0.4) is 0 Å². The Kier molecular flexibility index (Phi) is 3.56. The Labute approximate surface area is 130 Å². The third-order valence-electron chi connectivity index (χ3n) is 3.78. The number of halogens is 1. The highest BCUT2D eigenvalue weighted by atomic mass is 19.1. The number of nitrogen functional groups attached to an aromatic ring is 1. The molecule has 0 radical (unpaired) electrons. The summed E-state index contributed by atoms with van der Waals surface area (Å²) >= 11 is 0. The van der Waals surface area contributed by atoms with E-state index in [2.05, 4.69) is 20.3 Å². The van der Waals surface area contributed by atoms with Gasteiger partial charge in [0.1, 0.15) is 12.2 Å². The van der Waals surface area contributed by atoms with Crippen molar-refractivity contribution in [3.63, 3.8) is 0 Å². The molecule has 0 bridgehead atoms. The van der Waals surface area contributed by atoms with Crippen LogP contribution in [0.2, 0.25) is 0 Å². The van der Waals surface area contributed by atoms with E-state index in [0.29, 0.717) is 11.3 Å². The zero-order valence-corrected chi connectivity index (χ0v) is 12.1. The lowest BCUT2D eigenvalue weighted by Gasteiger charge is -2.23. The summed E-state index contributed by atoms with van der Waals surface area (Å²) in [5, 5.41) is 22.0. The van der Waals surface area contributed by atoms with Gasteiger partial charge in [-0.2, -0.15) is 9.97 Å². The molecule has 4 atom stereocenters. The maximum absolute atomic E-state index is 15.0. The van der Waals surface area contributed by atoms with Gasteiger partial charge in [0.15, 0.2) is 23.2 Å². The minimum Gasteiger partial charge on any atom is -0.394 e. The first kappa shape index (κ1) is 15.4.